The Labute approximate surface area is 198 Å². The number of thioether (sulfide) groups is 1. The van der Waals surface area contributed by atoms with E-state index in [-0.39, 0.29) is 11.6 Å². The summed E-state index contributed by atoms with van der Waals surface area (Å²) in [6, 6.07) is -0.0565. The van der Waals surface area contributed by atoms with E-state index < -0.39 is 11.2 Å². The fourth-order valence-corrected chi connectivity index (χ4v) is 6.10. The number of nitrogens with zero attached hydrogens (tertiary/aromatic N) is 5. The van der Waals surface area contributed by atoms with Crippen LogP contribution in [-0.4, -0.2) is 28.7 Å². The molecule has 0 fully saturated rings. The van der Waals surface area contributed by atoms with Crippen molar-refractivity contribution in [2.24, 2.45) is 7.05 Å². The van der Waals surface area contributed by atoms with Crippen LogP contribution in [0.2, 0.25) is 0 Å². The first-order chi connectivity index (χ1) is 15.6. The van der Waals surface area contributed by atoms with E-state index in [2.05, 4.69) is 9.97 Å². The van der Waals surface area contributed by atoms with Gasteiger partial charge in [0.1, 0.15) is 10.7 Å². The number of aromatic amines is 1. The highest BCUT2D eigenvalue weighted by molar-refractivity contribution is 7.98. The van der Waals surface area contributed by atoms with Crippen LogP contribution in [0.5, 0.6) is 0 Å². The topological polar surface area (TPSA) is 108 Å². The molecular weight excluding hydrogens is 460 g/mol. The van der Waals surface area contributed by atoms with E-state index >= 15 is 0 Å². The second kappa shape index (κ2) is 8.94. The maximum absolute atomic E-state index is 13.3. The first-order valence-corrected chi connectivity index (χ1v) is 12.8. The van der Waals surface area contributed by atoms with Crippen LogP contribution in [0.25, 0.3) is 21.4 Å². The van der Waals surface area contributed by atoms with Crippen molar-refractivity contribution in [1.29, 1.82) is 0 Å². The van der Waals surface area contributed by atoms with Crippen LogP contribution in [0.3, 0.4) is 0 Å². The van der Waals surface area contributed by atoms with Gasteiger partial charge in [-0.05, 0) is 39.7 Å². The van der Waals surface area contributed by atoms with E-state index in [9.17, 15) is 14.4 Å². The van der Waals surface area contributed by atoms with Crippen molar-refractivity contribution in [3.63, 3.8) is 0 Å². The van der Waals surface area contributed by atoms with Crippen molar-refractivity contribution in [3.8, 4) is 0 Å². The number of thiophene rings is 1. The first kappa shape index (κ1) is 23.5. The van der Waals surface area contributed by atoms with Crippen molar-refractivity contribution in [3.05, 3.63) is 47.5 Å². The predicted octanol–water partition coefficient (Wildman–Crippen LogP) is 3.48. The summed E-state index contributed by atoms with van der Waals surface area (Å²) in [5.41, 5.74) is 0.826. The van der Waals surface area contributed by atoms with Crippen molar-refractivity contribution in [2.45, 2.75) is 71.0 Å². The van der Waals surface area contributed by atoms with E-state index in [1.807, 2.05) is 34.6 Å². The van der Waals surface area contributed by atoms with Gasteiger partial charge in [-0.15, -0.1) is 11.3 Å². The number of hydrogen-bond acceptors (Lipinski definition) is 7. The molecule has 0 saturated carbocycles. The predicted molar refractivity (Wildman–Crippen MR) is 134 cm³/mol. The smallest absolute Gasteiger partial charge is 0.325 e. The Kier molecular flexibility index (Phi) is 6.37. The lowest BCUT2D eigenvalue weighted by molar-refractivity contribution is 0.519. The highest BCUT2D eigenvalue weighted by atomic mass is 32.2. The standard InChI is InChI=1S/C22H28N6O3S2/c1-7-8-9-27-17-16(18(29)24-21(27)31)26(6)14(23-17)10-32-22-25-19-15(12(4)13(5)33-19)20(30)28(22)11(2)3/h11H,7-10H2,1-6H3,(H,24,29,31). The number of nitrogens with one attached hydrogen (secondary N) is 1. The van der Waals surface area contributed by atoms with Gasteiger partial charge < -0.3 is 4.57 Å². The summed E-state index contributed by atoms with van der Waals surface area (Å²) in [5.74, 6) is 1.04. The molecule has 0 atom stereocenters. The number of imidazole rings is 1. The van der Waals surface area contributed by atoms with Gasteiger partial charge in [0.15, 0.2) is 16.3 Å². The maximum Gasteiger partial charge on any atom is 0.330 e. The molecule has 0 amide bonds. The molecule has 4 aromatic heterocycles. The summed E-state index contributed by atoms with van der Waals surface area (Å²) in [6.07, 6.45) is 1.73. The Morgan fingerprint density at radius 3 is 2.55 bits per heavy atom. The minimum Gasteiger partial charge on any atom is -0.325 e. The number of H-pyrrole nitrogens is 1. The maximum atomic E-state index is 13.3. The van der Waals surface area contributed by atoms with Gasteiger partial charge in [0.05, 0.1) is 11.1 Å². The summed E-state index contributed by atoms with van der Waals surface area (Å²) in [7, 11) is 1.77. The van der Waals surface area contributed by atoms with Crippen molar-refractivity contribution in [2.75, 3.05) is 0 Å². The quantitative estimate of drug-likeness (QED) is 0.315. The minimum atomic E-state index is -0.447. The Bertz CT molecular complexity index is 1540. The monoisotopic (exact) mass is 488 g/mol. The van der Waals surface area contributed by atoms with Gasteiger partial charge in [-0.1, -0.05) is 25.1 Å². The van der Waals surface area contributed by atoms with E-state index in [4.69, 9.17) is 4.98 Å². The van der Waals surface area contributed by atoms with Gasteiger partial charge >= 0.3 is 5.69 Å². The molecular formula is C22H28N6O3S2. The van der Waals surface area contributed by atoms with E-state index in [0.717, 1.165) is 28.1 Å². The van der Waals surface area contributed by atoms with Gasteiger partial charge in [0, 0.05) is 24.5 Å². The molecule has 176 valence electrons. The number of unbranched alkanes of at least 4 members (excludes halogenated alkanes) is 1. The van der Waals surface area contributed by atoms with Crippen molar-refractivity contribution >= 4 is 44.5 Å². The van der Waals surface area contributed by atoms with Crippen LogP contribution in [0.1, 0.15) is 55.9 Å². The molecule has 4 aromatic rings. The number of hydrogen-bond donors (Lipinski definition) is 1. The minimum absolute atomic E-state index is 0.0331. The third-order valence-electron chi connectivity index (χ3n) is 5.89. The third kappa shape index (κ3) is 3.97. The Balaban J connectivity index is 1.79. The Morgan fingerprint density at radius 1 is 1.15 bits per heavy atom. The second-order valence-corrected chi connectivity index (χ2v) is 10.6. The molecule has 0 bridgehead atoms. The van der Waals surface area contributed by atoms with Gasteiger partial charge in [-0.2, -0.15) is 0 Å². The summed E-state index contributed by atoms with van der Waals surface area (Å²) in [5, 5.41) is 1.30. The van der Waals surface area contributed by atoms with Crippen LogP contribution in [0.15, 0.2) is 19.5 Å². The molecule has 0 radical (unpaired) electrons. The fraction of sp³-hybridized carbons (Fsp3) is 0.500. The molecule has 0 saturated heterocycles. The van der Waals surface area contributed by atoms with E-state index in [1.54, 1.807) is 16.2 Å². The van der Waals surface area contributed by atoms with Crippen LogP contribution < -0.4 is 16.8 Å². The molecule has 1 N–H and O–H groups in total. The summed E-state index contributed by atoms with van der Waals surface area (Å²) in [6.45, 7) is 10.4. The van der Waals surface area contributed by atoms with Crippen LogP contribution in [0.4, 0.5) is 0 Å². The number of rotatable bonds is 7. The van der Waals surface area contributed by atoms with Crippen LogP contribution in [-0.2, 0) is 19.3 Å². The summed E-state index contributed by atoms with van der Waals surface area (Å²) in [4.78, 5) is 51.9. The lowest BCUT2D eigenvalue weighted by Gasteiger charge is -2.15. The second-order valence-electron chi connectivity index (χ2n) is 8.44. The zero-order valence-electron chi connectivity index (χ0n) is 19.7. The zero-order chi connectivity index (χ0) is 24.0. The SMILES string of the molecule is CCCCn1c(=O)[nH]c(=O)c2c1nc(CSc1nc3sc(C)c(C)c3c(=O)n1C(C)C)n2C. The molecule has 11 heteroatoms. The average Bonchev–Trinajstić information content (AvgIpc) is 3.22. The normalized spacial score (nSPS) is 12.0. The number of fused-ring (bicyclic) bond motifs is 2. The number of aromatic nitrogens is 6. The molecule has 0 unspecified atom stereocenters. The van der Waals surface area contributed by atoms with Crippen LogP contribution >= 0.6 is 23.1 Å². The summed E-state index contributed by atoms with van der Waals surface area (Å²) < 4.78 is 4.97. The lowest BCUT2D eigenvalue weighted by atomic mass is 10.2. The van der Waals surface area contributed by atoms with E-state index in [0.29, 0.717) is 39.8 Å². The Hall–Kier alpha value is -2.66. The third-order valence-corrected chi connectivity index (χ3v) is 7.94. The number of aryl methyl sites for hydroxylation is 4. The molecule has 0 aromatic carbocycles. The molecule has 0 aliphatic carbocycles. The molecule has 0 aliphatic rings. The first-order valence-electron chi connectivity index (χ1n) is 11.0. The van der Waals surface area contributed by atoms with Gasteiger partial charge in [-0.3, -0.25) is 23.7 Å². The zero-order valence-corrected chi connectivity index (χ0v) is 21.3. The lowest BCUT2D eigenvalue weighted by Crippen LogP contribution is -2.31. The fourth-order valence-electron chi connectivity index (χ4n) is 3.92. The molecule has 9 nitrogen and oxygen atoms in total. The molecule has 4 rings (SSSR count). The van der Waals surface area contributed by atoms with Gasteiger partial charge in [-0.25, -0.2) is 14.8 Å². The molecule has 0 aliphatic heterocycles. The van der Waals surface area contributed by atoms with Gasteiger partial charge in [0.2, 0.25) is 0 Å². The summed E-state index contributed by atoms with van der Waals surface area (Å²) >= 11 is 2.94. The largest absolute Gasteiger partial charge is 0.330 e. The highest BCUT2D eigenvalue weighted by Crippen LogP contribution is 2.30. The Morgan fingerprint density at radius 2 is 1.88 bits per heavy atom. The van der Waals surface area contributed by atoms with Crippen molar-refractivity contribution < 1.29 is 0 Å². The highest BCUT2D eigenvalue weighted by Gasteiger charge is 2.21. The average molecular weight is 489 g/mol. The molecule has 4 heterocycles. The van der Waals surface area contributed by atoms with Crippen LogP contribution in [0, 0.1) is 13.8 Å². The van der Waals surface area contributed by atoms with E-state index in [1.165, 1.54) is 27.7 Å². The van der Waals surface area contributed by atoms with Gasteiger partial charge in [0.25, 0.3) is 11.1 Å². The van der Waals surface area contributed by atoms with Crippen molar-refractivity contribution in [1.82, 2.24) is 28.7 Å². The molecule has 33 heavy (non-hydrogen) atoms. The molecule has 0 spiro atoms.